The van der Waals surface area contributed by atoms with Gasteiger partial charge in [0.25, 0.3) is 0 Å². The highest BCUT2D eigenvalue weighted by Gasteiger charge is 2.36. The molecule has 0 fully saturated rings. The lowest BCUT2D eigenvalue weighted by Crippen LogP contribution is -2.15. The molecule has 2 nitrogen and oxygen atoms in total. The summed E-state index contributed by atoms with van der Waals surface area (Å²) in [5.41, 5.74) is -2.89. The smallest absolute Gasteiger partial charge is 0.289 e. The van der Waals surface area contributed by atoms with Crippen LogP contribution in [0.25, 0.3) is 0 Å². The van der Waals surface area contributed by atoms with E-state index in [-0.39, 0.29) is 11.1 Å². The number of ketones is 2. The maximum Gasteiger partial charge on any atom is 0.417 e. The van der Waals surface area contributed by atoms with Crippen LogP contribution in [0.5, 0.6) is 0 Å². The second kappa shape index (κ2) is 8.26. The first-order valence-corrected chi connectivity index (χ1v) is 9.34. The van der Waals surface area contributed by atoms with Gasteiger partial charge in [0.2, 0.25) is 0 Å². The van der Waals surface area contributed by atoms with Gasteiger partial charge in [0, 0.05) is 22.3 Å². The lowest BCUT2D eigenvalue weighted by molar-refractivity contribution is -0.138. The molecule has 0 unspecified atom stereocenters. The average Bonchev–Trinajstić information content (AvgIpc) is 2.71. The van der Waals surface area contributed by atoms with Crippen molar-refractivity contribution in [1.29, 1.82) is 0 Å². The maximum atomic E-state index is 13.3. The van der Waals surface area contributed by atoms with E-state index in [1.165, 1.54) is 26.0 Å². The van der Waals surface area contributed by atoms with Crippen molar-refractivity contribution >= 4 is 11.6 Å². The number of rotatable bonds is 4. The molecule has 0 spiro atoms. The van der Waals surface area contributed by atoms with Crippen LogP contribution in [-0.2, 0) is 12.4 Å². The maximum absolute atomic E-state index is 13.3. The fourth-order valence-electron chi connectivity index (χ4n) is 3.27. The molecule has 3 aromatic carbocycles. The fourth-order valence-corrected chi connectivity index (χ4v) is 3.27. The Kier molecular flexibility index (Phi) is 6.00. The fraction of sp³-hybridized carbons (Fsp3) is 0.167. The number of hydrogen-bond donors (Lipinski definition) is 0. The van der Waals surface area contributed by atoms with Crippen molar-refractivity contribution < 1.29 is 35.9 Å². The third-order valence-electron chi connectivity index (χ3n) is 4.86. The number of alkyl halides is 6. The van der Waals surface area contributed by atoms with Crippen LogP contribution in [0.3, 0.4) is 0 Å². The molecule has 0 radical (unpaired) electrons. The highest BCUT2D eigenvalue weighted by atomic mass is 19.4. The molecule has 0 N–H and O–H groups in total. The van der Waals surface area contributed by atoms with Gasteiger partial charge >= 0.3 is 12.4 Å². The Labute approximate surface area is 179 Å². The molecular weight excluding hydrogens is 434 g/mol. The Morgan fingerprint density at radius 2 is 0.875 bits per heavy atom. The Morgan fingerprint density at radius 1 is 0.562 bits per heavy atom. The predicted molar refractivity (Wildman–Crippen MR) is 106 cm³/mol. The van der Waals surface area contributed by atoms with Crippen LogP contribution in [0.4, 0.5) is 26.3 Å². The van der Waals surface area contributed by atoms with E-state index < -0.39 is 46.2 Å². The summed E-state index contributed by atoms with van der Waals surface area (Å²) >= 11 is 0. The molecular formula is C24H16F6O2. The summed E-state index contributed by atoms with van der Waals surface area (Å²) in [5.74, 6) is -1.83. The molecule has 0 aliphatic carbocycles. The van der Waals surface area contributed by atoms with Crippen molar-refractivity contribution in [3.8, 4) is 0 Å². The number of benzene rings is 3. The largest absolute Gasteiger partial charge is 0.417 e. The summed E-state index contributed by atoms with van der Waals surface area (Å²) in [4.78, 5) is 25.3. The minimum absolute atomic E-state index is 0.129. The minimum Gasteiger partial charge on any atom is -0.289 e. The van der Waals surface area contributed by atoms with Crippen molar-refractivity contribution in [1.82, 2.24) is 0 Å². The standard InChI is InChI=1S/C24H16F6O2/c1-13-3-9-17(19(11-13)23(25,26)27)21(31)15-5-7-16(8-6-15)22(32)18-10-4-14(2)12-20(18)24(28,29)30/h3-12H,1-2H3. The van der Waals surface area contributed by atoms with E-state index in [9.17, 15) is 35.9 Å². The minimum atomic E-state index is -4.74. The van der Waals surface area contributed by atoms with Gasteiger partial charge in [-0.3, -0.25) is 9.59 Å². The molecule has 0 saturated carbocycles. The third-order valence-corrected chi connectivity index (χ3v) is 4.86. The molecule has 0 aliphatic rings. The summed E-state index contributed by atoms with van der Waals surface area (Å²) in [5, 5.41) is 0. The normalized spacial score (nSPS) is 12.0. The van der Waals surface area contributed by atoms with Crippen LogP contribution >= 0.6 is 0 Å². The number of carbonyl (C=O) groups excluding carboxylic acids is 2. The van der Waals surface area contributed by atoms with Gasteiger partial charge < -0.3 is 0 Å². The molecule has 3 rings (SSSR count). The lowest BCUT2D eigenvalue weighted by Gasteiger charge is -2.14. The summed E-state index contributed by atoms with van der Waals surface area (Å²) in [7, 11) is 0. The van der Waals surface area contributed by atoms with E-state index in [1.54, 1.807) is 0 Å². The highest BCUT2D eigenvalue weighted by Crippen LogP contribution is 2.35. The quantitative estimate of drug-likeness (QED) is 0.324. The Morgan fingerprint density at radius 3 is 1.16 bits per heavy atom. The van der Waals surface area contributed by atoms with Crippen molar-refractivity contribution in [3.63, 3.8) is 0 Å². The first-order valence-electron chi connectivity index (χ1n) is 9.34. The third kappa shape index (κ3) is 4.74. The Bertz CT molecular complexity index is 1090. The van der Waals surface area contributed by atoms with Gasteiger partial charge in [-0.15, -0.1) is 0 Å². The number of carbonyl (C=O) groups is 2. The lowest BCUT2D eigenvalue weighted by atomic mass is 9.93. The summed E-state index contributed by atoms with van der Waals surface area (Å²) < 4.78 is 80.0. The van der Waals surface area contributed by atoms with Crippen molar-refractivity contribution in [2.45, 2.75) is 26.2 Å². The van der Waals surface area contributed by atoms with Gasteiger partial charge in [-0.1, -0.05) is 59.7 Å². The molecule has 0 amide bonds. The molecule has 0 aliphatic heterocycles. The van der Waals surface area contributed by atoms with Crippen molar-refractivity contribution in [3.05, 3.63) is 105 Å². The molecule has 3 aromatic rings. The van der Waals surface area contributed by atoms with Gasteiger partial charge in [0.1, 0.15) is 0 Å². The zero-order valence-electron chi connectivity index (χ0n) is 16.9. The molecule has 0 saturated heterocycles. The van der Waals surface area contributed by atoms with E-state index in [4.69, 9.17) is 0 Å². The van der Waals surface area contributed by atoms with Gasteiger partial charge in [0.05, 0.1) is 11.1 Å². The molecule has 0 atom stereocenters. The Balaban J connectivity index is 1.97. The SMILES string of the molecule is Cc1ccc(C(=O)c2ccc(C(=O)c3ccc(C)cc3C(F)(F)F)cc2)c(C(F)(F)F)c1. The van der Waals surface area contributed by atoms with Gasteiger partial charge in [0.15, 0.2) is 11.6 Å². The summed E-state index contributed by atoms with van der Waals surface area (Å²) in [6, 6.07) is 11.1. The van der Waals surface area contributed by atoms with E-state index in [0.29, 0.717) is 11.1 Å². The first kappa shape index (κ1) is 23.2. The van der Waals surface area contributed by atoms with Crippen LogP contribution in [0.1, 0.15) is 54.1 Å². The van der Waals surface area contributed by atoms with Gasteiger partial charge in [-0.25, -0.2) is 0 Å². The highest BCUT2D eigenvalue weighted by molar-refractivity contribution is 6.12. The van der Waals surface area contributed by atoms with Crippen molar-refractivity contribution in [2.24, 2.45) is 0 Å². The van der Waals surface area contributed by atoms with E-state index >= 15 is 0 Å². The van der Waals surface area contributed by atoms with E-state index in [0.717, 1.165) is 48.5 Å². The molecule has 166 valence electrons. The van der Waals surface area contributed by atoms with Crippen LogP contribution in [0.15, 0.2) is 60.7 Å². The molecule has 0 aromatic heterocycles. The average molecular weight is 450 g/mol. The van der Waals surface area contributed by atoms with Gasteiger partial charge in [-0.05, 0) is 26.0 Å². The first-order chi connectivity index (χ1) is 14.8. The second-order valence-corrected chi connectivity index (χ2v) is 7.33. The van der Waals surface area contributed by atoms with Crippen molar-refractivity contribution in [2.75, 3.05) is 0 Å². The van der Waals surface area contributed by atoms with E-state index in [2.05, 4.69) is 0 Å². The summed E-state index contributed by atoms with van der Waals surface area (Å²) in [6.07, 6.45) is -9.49. The predicted octanol–water partition coefficient (Wildman–Crippen LogP) is 6.80. The van der Waals surface area contributed by atoms with Crippen LogP contribution in [0, 0.1) is 13.8 Å². The Hall–Kier alpha value is -3.42. The monoisotopic (exact) mass is 450 g/mol. The van der Waals surface area contributed by atoms with Gasteiger partial charge in [-0.2, -0.15) is 26.3 Å². The van der Waals surface area contributed by atoms with Crippen LogP contribution in [-0.4, -0.2) is 11.6 Å². The topological polar surface area (TPSA) is 34.1 Å². The molecule has 0 heterocycles. The van der Waals surface area contributed by atoms with E-state index in [1.807, 2.05) is 0 Å². The molecule has 8 heteroatoms. The zero-order chi connectivity index (χ0) is 23.8. The second-order valence-electron chi connectivity index (χ2n) is 7.33. The summed E-state index contributed by atoms with van der Waals surface area (Å²) in [6.45, 7) is 2.92. The van der Waals surface area contributed by atoms with Crippen LogP contribution in [0.2, 0.25) is 0 Å². The number of halogens is 6. The number of aryl methyl sites for hydroxylation is 2. The zero-order valence-corrected chi connectivity index (χ0v) is 16.9. The molecule has 32 heavy (non-hydrogen) atoms. The number of hydrogen-bond acceptors (Lipinski definition) is 2. The van der Waals surface area contributed by atoms with Crippen LogP contribution < -0.4 is 0 Å². The molecule has 0 bridgehead atoms.